The molecule has 0 aliphatic rings. The van der Waals surface area contributed by atoms with Crippen LogP contribution in [0.3, 0.4) is 0 Å². The second kappa shape index (κ2) is 6.44. The maximum Gasteiger partial charge on any atom is 0.336 e. The predicted octanol–water partition coefficient (Wildman–Crippen LogP) is 5.29. The van der Waals surface area contributed by atoms with Crippen molar-refractivity contribution in [2.75, 3.05) is 0 Å². The second-order valence-corrected chi connectivity index (χ2v) is 6.31. The molecule has 0 spiro atoms. The predicted molar refractivity (Wildman–Crippen MR) is 97.6 cm³/mol. The number of fused-ring (bicyclic) bond motifs is 1. The average molecular weight is 319 g/mol. The summed E-state index contributed by atoms with van der Waals surface area (Å²) < 4.78 is 0. The number of carboxylic acid groups (broad SMARTS) is 1. The summed E-state index contributed by atoms with van der Waals surface area (Å²) >= 11 is 0. The molecule has 3 rings (SSSR count). The molecule has 3 heteroatoms. The number of aryl methyl sites for hydroxylation is 1. The lowest BCUT2D eigenvalue weighted by Gasteiger charge is -2.13. The Morgan fingerprint density at radius 1 is 1.12 bits per heavy atom. The quantitative estimate of drug-likeness (QED) is 0.711. The molecular weight excluding hydrogens is 298 g/mol. The third kappa shape index (κ3) is 2.90. The molecule has 0 saturated heterocycles. The fourth-order valence-corrected chi connectivity index (χ4v) is 2.97. The van der Waals surface area contributed by atoms with Crippen molar-refractivity contribution in [2.24, 2.45) is 0 Å². The van der Waals surface area contributed by atoms with Crippen LogP contribution in [0.1, 0.15) is 48.2 Å². The SMILES string of the molecule is CCc1ccc(-c2cc(C(=O)O)c3cccc(C(C)C)c3n2)cc1. The molecule has 0 radical (unpaired) electrons. The standard InChI is InChI=1S/C21H21NO2/c1-4-14-8-10-15(11-9-14)19-12-18(21(23)24)17-7-5-6-16(13(2)3)20(17)22-19/h5-13H,4H2,1-3H3,(H,23,24). The molecule has 1 N–H and O–H groups in total. The normalized spacial score (nSPS) is 11.2. The lowest BCUT2D eigenvalue weighted by atomic mass is 9.96. The fourth-order valence-electron chi connectivity index (χ4n) is 2.97. The minimum atomic E-state index is -0.922. The molecule has 1 aromatic heterocycles. The minimum absolute atomic E-state index is 0.278. The smallest absolute Gasteiger partial charge is 0.336 e. The van der Waals surface area contributed by atoms with Gasteiger partial charge in [-0.3, -0.25) is 0 Å². The van der Waals surface area contributed by atoms with Gasteiger partial charge >= 0.3 is 5.97 Å². The summed E-state index contributed by atoms with van der Waals surface area (Å²) in [5, 5.41) is 10.3. The van der Waals surface area contributed by atoms with Gasteiger partial charge < -0.3 is 5.11 Å². The van der Waals surface area contributed by atoms with Gasteiger partial charge in [-0.25, -0.2) is 9.78 Å². The van der Waals surface area contributed by atoms with E-state index in [1.54, 1.807) is 6.07 Å². The van der Waals surface area contributed by atoms with Crippen molar-refractivity contribution >= 4 is 16.9 Å². The monoisotopic (exact) mass is 319 g/mol. The van der Waals surface area contributed by atoms with E-state index in [9.17, 15) is 9.90 Å². The molecule has 3 nitrogen and oxygen atoms in total. The van der Waals surface area contributed by atoms with Gasteiger partial charge in [0.1, 0.15) is 0 Å². The molecule has 0 aliphatic heterocycles. The van der Waals surface area contributed by atoms with Gasteiger partial charge in [0.2, 0.25) is 0 Å². The third-order valence-electron chi connectivity index (χ3n) is 4.38. The van der Waals surface area contributed by atoms with Crippen LogP contribution in [0.2, 0.25) is 0 Å². The van der Waals surface area contributed by atoms with E-state index in [0.29, 0.717) is 16.6 Å². The maximum absolute atomic E-state index is 11.8. The lowest BCUT2D eigenvalue weighted by molar-refractivity contribution is 0.0699. The first kappa shape index (κ1) is 16.2. The Hall–Kier alpha value is -2.68. The highest BCUT2D eigenvalue weighted by Crippen LogP contribution is 2.30. The summed E-state index contributed by atoms with van der Waals surface area (Å²) in [4.78, 5) is 16.6. The van der Waals surface area contributed by atoms with Gasteiger partial charge in [0.05, 0.1) is 16.8 Å². The zero-order valence-corrected chi connectivity index (χ0v) is 14.2. The Balaban J connectivity index is 2.28. The first-order valence-corrected chi connectivity index (χ1v) is 8.27. The van der Waals surface area contributed by atoms with Crippen LogP contribution in [-0.4, -0.2) is 16.1 Å². The number of pyridine rings is 1. The number of para-hydroxylation sites is 1. The van der Waals surface area contributed by atoms with Crippen LogP contribution in [-0.2, 0) is 6.42 Å². The number of benzene rings is 2. The number of nitrogens with zero attached hydrogens (tertiary/aromatic N) is 1. The molecule has 0 unspecified atom stereocenters. The van der Waals surface area contributed by atoms with Gasteiger partial charge in [-0.15, -0.1) is 0 Å². The zero-order chi connectivity index (χ0) is 17.3. The van der Waals surface area contributed by atoms with E-state index in [0.717, 1.165) is 23.1 Å². The van der Waals surface area contributed by atoms with Crippen molar-refractivity contribution < 1.29 is 9.90 Å². The number of carbonyl (C=O) groups is 1. The molecule has 122 valence electrons. The number of carboxylic acids is 1. The van der Waals surface area contributed by atoms with Crippen LogP contribution >= 0.6 is 0 Å². The van der Waals surface area contributed by atoms with Crippen molar-refractivity contribution in [1.82, 2.24) is 4.98 Å². The number of aromatic nitrogens is 1. The molecule has 0 atom stereocenters. The number of hydrogen-bond acceptors (Lipinski definition) is 2. The van der Waals surface area contributed by atoms with E-state index in [1.807, 2.05) is 30.3 Å². The van der Waals surface area contributed by atoms with E-state index in [-0.39, 0.29) is 5.92 Å². The van der Waals surface area contributed by atoms with Crippen LogP contribution in [0.5, 0.6) is 0 Å². The molecule has 0 saturated carbocycles. The fraction of sp³-hybridized carbons (Fsp3) is 0.238. The van der Waals surface area contributed by atoms with E-state index >= 15 is 0 Å². The third-order valence-corrected chi connectivity index (χ3v) is 4.38. The van der Waals surface area contributed by atoms with Gasteiger partial charge in [-0.1, -0.05) is 63.2 Å². The molecule has 24 heavy (non-hydrogen) atoms. The van der Waals surface area contributed by atoms with E-state index in [2.05, 4.69) is 32.9 Å². The van der Waals surface area contributed by atoms with Crippen LogP contribution in [0.25, 0.3) is 22.2 Å². The van der Waals surface area contributed by atoms with Gasteiger partial charge in [0, 0.05) is 10.9 Å². The van der Waals surface area contributed by atoms with Gasteiger partial charge in [0.25, 0.3) is 0 Å². The average Bonchev–Trinajstić information content (AvgIpc) is 2.60. The van der Waals surface area contributed by atoms with Crippen LogP contribution in [0.15, 0.2) is 48.5 Å². The molecule has 0 amide bonds. The van der Waals surface area contributed by atoms with Crippen LogP contribution in [0, 0.1) is 0 Å². The highest BCUT2D eigenvalue weighted by Gasteiger charge is 2.16. The highest BCUT2D eigenvalue weighted by molar-refractivity contribution is 6.04. The first-order valence-electron chi connectivity index (χ1n) is 8.27. The zero-order valence-electron chi connectivity index (χ0n) is 14.2. The Kier molecular flexibility index (Phi) is 4.34. The maximum atomic E-state index is 11.8. The van der Waals surface area contributed by atoms with Crippen LogP contribution in [0.4, 0.5) is 0 Å². The molecular formula is C21H21NO2. The highest BCUT2D eigenvalue weighted by atomic mass is 16.4. The molecule has 2 aromatic carbocycles. The van der Waals surface area contributed by atoms with Gasteiger partial charge in [-0.05, 0) is 29.5 Å². The van der Waals surface area contributed by atoms with Crippen molar-refractivity contribution in [3.8, 4) is 11.3 Å². The summed E-state index contributed by atoms with van der Waals surface area (Å²) in [5.74, 6) is -0.643. The largest absolute Gasteiger partial charge is 0.478 e. The Bertz CT molecular complexity index is 896. The number of rotatable bonds is 4. The summed E-state index contributed by atoms with van der Waals surface area (Å²) in [5.41, 5.74) is 5.05. The Morgan fingerprint density at radius 3 is 2.42 bits per heavy atom. The number of aromatic carboxylic acids is 1. The van der Waals surface area contributed by atoms with E-state index in [4.69, 9.17) is 4.98 Å². The topological polar surface area (TPSA) is 50.2 Å². The summed E-state index contributed by atoms with van der Waals surface area (Å²) in [7, 11) is 0. The molecule has 0 aliphatic carbocycles. The van der Waals surface area contributed by atoms with Crippen molar-refractivity contribution in [1.29, 1.82) is 0 Å². The first-order chi connectivity index (χ1) is 11.5. The number of hydrogen-bond donors (Lipinski definition) is 1. The molecule has 1 heterocycles. The van der Waals surface area contributed by atoms with Crippen molar-refractivity contribution in [3.63, 3.8) is 0 Å². The molecule has 0 bridgehead atoms. The lowest BCUT2D eigenvalue weighted by Crippen LogP contribution is -2.02. The molecule has 0 fully saturated rings. The Morgan fingerprint density at radius 2 is 1.83 bits per heavy atom. The van der Waals surface area contributed by atoms with Crippen LogP contribution < -0.4 is 0 Å². The summed E-state index contributed by atoms with van der Waals surface area (Å²) in [6, 6.07) is 15.6. The van der Waals surface area contributed by atoms with Gasteiger partial charge in [0.15, 0.2) is 0 Å². The summed E-state index contributed by atoms with van der Waals surface area (Å²) in [6.07, 6.45) is 0.975. The van der Waals surface area contributed by atoms with Crippen molar-refractivity contribution in [2.45, 2.75) is 33.1 Å². The van der Waals surface area contributed by atoms with Gasteiger partial charge in [-0.2, -0.15) is 0 Å². The second-order valence-electron chi connectivity index (χ2n) is 6.31. The van der Waals surface area contributed by atoms with E-state index in [1.165, 1.54) is 5.56 Å². The Labute approximate surface area is 142 Å². The summed E-state index contributed by atoms with van der Waals surface area (Å²) in [6.45, 7) is 6.31. The minimum Gasteiger partial charge on any atom is -0.478 e. The van der Waals surface area contributed by atoms with E-state index < -0.39 is 5.97 Å². The van der Waals surface area contributed by atoms with Crippen molar-refractivity contribution in [3.05, 3.63) is 65.2 Å². The molecule has 3 aromatic rings.